The zero-order valence-electron chi connectivity index (χ0n) is 6.32. The first-order chi connectivity index (χ1) is 5.17. The van der Waals surface area contributed by atoms with E-state index in [4.69, 9.17) is 0 Å². The molecule has 0 radical (unpaired) electrons. The van der Waals surface area contributed by atoms with Crippen molar-refractivity contribution >= 4 is 15.5 Å². The van der Waals surface area contributed by atoms with Crippen LogP contribution in [0.5, 0.6) is 0 Å². The number of hydrogen-bond donors (Lipinski definition) is 0. The van der Waals surface area contributed by atoms with Crippen LogP contribution in [0.2, 0.25) is 0 Å². The molecule has 0 spiro atoms. The smallest absolute Gasteiger partial charge is 0.234 e. The third kappa shape index (κ3) is 2.02. The molecule has 64 valence electrons. The maximum Gasteiger partial charge on any atom is 0.234 e. The van der Waals surface area contributed by atoms with Crippen molar-refractivity contribution in [1.82, 2.24) is 0 Å². The Morgan fingerprint density at radius 3 is 2.09 bits per heavy atom. The quantitative estimate of drug-likeness (QED) is 0.588. The van der Waals surface area contributed by atoms with Crippen molar-refractivity contribution in [2.75, 3.05) is 0 Å². The molecule has 0 aliphatic heterocycles. The molecule has 0 aromatic heterocycles. The number of rotatable bonds is 2. The van der Waals surface area contributed by atoms with E-state index in [-0.39, 0.29) is 10.9 Å². The van der Waals surface area contributed by atoms with Crippen molar-refractivity contribution in [3.63, 3.8) is 0 Å². The summed E-state index contributed by atoms with van der Waals surface area (Å²) in [4.78, 5) is 10.1. The van der Waals surface area contributed by atoms with E-state index in [1.165, 1.54) is 0 Å². The van der Waals surface area contributed by atoms with E-state index in [1.807, 2.05) is 0 Å². The van der Waals surface area contributed by atoms with Gasteiger partial charge in [0.05, 0.1) is 5.25 Å². The molecule has 0 amide bonds. The molecule has 3 nitrogen and oxygen atoms in total. The summed E-state index contributed by atoms with van der Waals surface area (Å²) in [5.41, 5.74) is 0.100. The van der Waals surface area contributed by atoms with Gasteiger partial charge >= 0.3 is 0 Å². The summed E-state index contributed by atoms with van der Waals surface area (Å²) < 4.78 is 22.0. The molecule has 1 aliphatic carbocycles. The summed E-state index contributed by atoms with van der Waals surface area (Å²) in [6.07, 6.45) is 4.32. The molecule has 0 N–H and O–H groups in total. The molecule has 4 heteroatoms. The lowest BCUT2D eigenvalue weighted by atomic mass is 10.0. The summed E-state index contributed by atoms with van der Waals surface area (Å²) in [5, 5.41) is -0.381. The average molecular weight is 176 g/mol. The first-order valence-corrected chi connectivity index (χ1v) is 5.47. The second-order valence-corrected chi connectivity index (χ2v) is 4.98. The Bertz CT molecular complexity index is 224. The van der Waals surface area contributed by atoms with Gasteiger partial charge < -0.3 is 0 Å². The van der Waals surface area contributed by atoms with Crippen molar-refractivity contribution in [3.8, 4) is 0 Å². The van der Waals surface area contributed by atoms with Crippen LogP contribution in [0.1, 0.15) is 32.1 Å². The second kappa shape index (κ2) is 3.34. The van der Waals surface area contributed by atoms with E-state index < -0.39 is 9.84 Å². The third-order valence-corrected chi connectivity index (χ3v) is 3.82. The molecule has 0 unspecified atom stereocenters. The van der Waals surface area contributed by atoms with Crippen molar-refractivity contribution in [1.29, 1.82) is 0 Å². The number of sulfone groups is 1. The van der Waals surface area contributed by atoms with Gasteiger partial charge in [-0.15, -0.1) is 0 Å². The molecule has 0 aromatic carbocycles. The topological polar surface area (TPSA) is 51.2 Å². The van der Waals surface area contributed by atoms with Crippen molar-refractivity contribution in [2.24, 2.45) is 0 Å². The first kappa shape index (κ1) is 8.71. The number of hydrogen-bond acceptors (Lipinski definition) is 3. The summed E-state index contributed by atoms with van der Waals surface area (Å²) in [5.74, 6) is 0. The van der Waals surface area contributed by atoms with Crippen molar-refractivity contribution in [3.05, 3.63) is 0 Å². The SMILES string of the molecule is O=CS(=O)(=O)C1CCCCC1. The lowest BCUT2D eigenvalue weighted by Crippen LogP contribution is -2.24. The highest BCUT2D eigenvalue weighted by Gasteiger charge is 2.26. The Hall–Kier alpha value is -0.380. The van der Waals surface area contributed by atoms with Gasteiger partial charge in [0.25, 0.3) is 0 Å². The van der Waals surface area contributed by atoms with Gasteiger partial charge in [-0.25, -0.2) is 8.42 Å². The van der Waals surface area contributed by atoms with E-state index in [0.717, 1.165) is 19.3 Å². The normalized spacial score (nSPS) is 21.5. The molecule has 1 aliphatic rings. The monoisotopic (exact) mass is 176 g/mol. The molecular weight excluding hydrogens is 164 g/mol. The van der Waals surface area contributed by atoms with Crippen LogP contribution in [-0.2, 0) is 14.6 Å². The summed E-state index contributed by atoms with van der Waals surface area (Å²) in [6.45, 7) is 0. The molecule has 0 aromatic rings. The summed E-state index contributed by atoms with van der Waals surface area (Å²) in [7, 11) is -3.40. The number of carbonyl (C=O) groups is 1. The van der Waals surface area contributed by atoms with E-state index in [1.54, 1.807) is 0 Å². The minimum atomic E-state index is -3.40. The molecule has 11 heavy (non-hydrogen) atoms. The van der Waals surface area contributed by atoms with Crippen LogP contribution >= 0.6 is 0 Å². The Kier molecular flexibility index (Phi) is 2.65. The van der Waals surface area contributed by atoms with Crippen LogP contribution in [0, 0.1) is 0 Å². The molecule has 0 heterocycles. The average Bonchev–Trinajstić information content (AvgIpc) is 2.06. The molecule has 1 fully saturated rings. The van der Waals surface area contributed by atoms with Crippen LogP contribution in [0.4, 0.5) is 0 Å². The third-order valence-electron chi connectivity index (χ3n) is 2.15. The fourth-order valence-corrected chi connectivity index (χ4v) is 2.62. The fraction of sp³-hybridized carbons (Fsp3) is 0.857. The van der Waals surface area contributed by atoms with Gasteiger partial charge in [0.1, 0.15) is 0 Å². The Morgan fingerprint density at radius 1 is 1.09 bits per heavy atom. The standard InChI is InChI=1S/C7H12O3S/c8-6-11(9,10)7-4-2-1-3-5-7/h6-7H,1-5H2. The highest BCUT2D eigenvalue weighted by atomic mass is 32.2. The number of carbonyl (C=O) groups excluding carboxylic acids is 1. The molecule has 0 saturated heterocycles. The molecule has 1 saturated carbocycles. The van der Waals surface area contributed by atoms with Crippen LogP contribution < -0.4 is 0 Å². The highest BCUT2D eigenvalue weighted by Crippen LogP contribution is 2.22. The predicted octanol–water partition coefficient (Wildman–Crippen LogP) is 0.924. The summed E-state index contributed by atoms with van der Waals surface area (Å²) in [6, 6.07) is 0. The van der Waals surface area contributed by atoms with E-state index in [9.17, 15) is 13.2 Å². The lowest BCUT2D eigenvalue weighted by molar-refractivity contribution is 0.485. The molecule has 1 rings (SSSR count). The Labute approximate surface area is 66.7 Å². The van der Waals surface area contributed by atoms with Gasteiger partial charge in [0.15, 0.2) is 0 Å². The van der Waals surface area contributed by atoms with Gasteiger partial charge in [-0.05, 0) is 12.8 Å². The summed E-state index contributed by atoms with van der Waals surface area (Å²) >= 11 is 0. The minimum Gasteiger partial charge on any atom is -0.285 e. The van der Waals surface area contributed by atoms with Crippen LogP contribution in [0.3, 0.4) is 0 Å². The zero-order valence-corrected chi connectivity index (χ0v) is 7.14. The fourth-order valence-electron chi connectivity index (χ4n) is 1.47. The molecular formula is C7H12O3S. The Balaban J connectivity index is 2.66. The maximum atomic E-state index is 11.0. The largest absolute Gasteiger partial charge is 0.285 e. The first-order valence-electron chi connectivity index (χ1n) is 3.86. The highest BCUT2D eigenvalue weighted by molar-refractivity contribution is 8.04. The van der Waals surface area contributed by atoms with E-state index >= 15 is 0 Å². The Morgan fingerprint density at radius 2 is 1.64 bits per heavy atom. The second-order valence-electron chi connectivity index (χ2n) is 2.95. The minimum absolute atomic E-state index is 0.100. The lowest BCUT2D eigenvalue weighted by Gasteiger charge is -2.18. The van der Waals surface area contributed by atoms with Crippen molar-refractivity contribution < 1.29 is 13.2 Å². The van der Waals surface area contributed by atoms with E-state index in [2.05, 4.69) is 0 Å². The predicted molar refractivity (Wildman–Crippen MR) is 42.5 cm³/mol. The van der Waals surface area contributed by atoms with Gasteiger partial charge in [0, 0.05) is 0 Å². The van der Waals surface area contributed by atoms with E-state index in [0.29, 0.717) is 12.8 Å². The van der Waals surface area contributed by atoms with Gasteiger partial charge in [-0.3, -0.25) is 4.79 Å². The maximum absolute atomic E-state index is 11.0. The van der Waals surface area contributed by atoms with Crippen LogP contribution in [0.15, 0.2) is 0 Å². The zero-order chi connectivity index (χ0) is 8.32. The molecule has 0 atom stereocenters. The van der Waals surface area contributed by atoms with Crippen LogP contribution in [-0.4, -0.2) is 19.3 Å². The van der Waals surface area contributed by atoms with Gasteiger partial charge in [0.2, 0.25) is 15.5 Å². The van der Waals surface area contributed by atoms with Gasteiger partial charge in [-0.2, -0.15) is 0 Å². The van der Waals surface area contributed by atoms with Crippen molar-refractivity contribution in [2.45, 2.75) is 37.4 Å². The molecule has 0 bridgehead atoms. The van der Waals surface area contributed by atoms with Gasteiger partial charge in [-0.1, -0.05) is 19.3 Å². The van der Waals surface area contributed by atoms with Crippen LogP contribution in [0.25, 0.3) is 0 Å².